The van der Waals surface area contributed by atoms with Gasteiger partial charge in [0, 0.05) is 18.4 Å². The molecule has 1 aromatic rings. The summed E-state index contributed by atoms with van der Waals surface area (Å²) in [4.78, 5) is 13.2. The highest BCUT2D eigenvalue weighted by atomic mass is 16.6. The second kappa shape index (κ2) is 6.58. The molecule has 0 bridgehead atoms. The fraction of sp³-hybridized carbons (Fsp3) is 0.308. The molecule has 0 heterocycles. The average molecular weight is 234 g/mol. The van der Waals surface area contributed by atoms with Crippen LogP contribution in [0, 0.1) is 0 Å². The van der Waals surface area contributed by atoms with Crippen molar-refractivity contribution in [3.05, 3.63) is 48.3 Å². The van der Waals surface area contributed by atoms with E-state index in [-0.39, 0.29) is 12.6 Å². The number of benzene rings is 1. The summed E-state index contributed by atoms with van der Waals surface area (Å²) < 4.78 is 5.18. The molecular formula is C13H18N2O2. The van der Waals surface area contributed by atoms with Crippen molar-refractivity contribution in [1.82, 2.24) is 4.90 Å². The van der Waals surface area contributed by atoms with Gasteiger partial charge in [-0.05, 0) is 19.4 Å². The number of ether oxygens (including phenoxy) is 1. The Hall–Kier alpha value is -1.97. The van der Waals surface area contributed by atoms with E-state index < -0.39 is 6.09 Å². The second-order valence-electron chi connectivity index (χ2n) is 3.88. The zero-order chi connectivity index (χ0) is 12.7. The monoisotopic (exact) mass is 234 g/mol. The number of hydrogen-bond donors (Lipinski definition) is 1. The summed E-state index contributed by atoms with van der Waals surface area (Å²) in [7, 11) is 0. The number of amides is 1. The van der Waals surface area contributed by atoms with Crippen LogP contribution in [-0.4, -0.2) is 17.0 Å². The average Bonchev–Trinajstić information content (AvgIpc) is 2.34. The molecule has 0 aliphatic rings. The number of nitrogens with zero attached hydrogens (tertiary/aromatic N) is 1. The lowest BCUT2D eigenvalue weighted by molar-refractivity contribution is 0.103. The van der Waals surface area contributed by atoms with Crippen molar-refractivity contribution >= 4 is 6.09 Å². The van der Waals surface area contributed by atoms with Gasteiger partial charge in [-0.25, -0.2) is 4.79 Å². The number of carbonyl (C=O) groups excluding carboxylic acids is 1. The third-order valence-corrected chi connectivity index (χ3v) is 2.22. The summed E-state index contributed by atoms with van der Waals surface area (Å²) in [5.74, 6) is 0. The standard InChI is InChI=1S/C13H18N2O2/c1-11(2)15(9-8-14)13(16)17-10-12-6-4-3-5-7-12/h3-9,11H,10,14H2,1-2H3/b9-8+. The molecule has 0 saturated heterocycles. The van der Waals surface area contributed by atoms with Crippen molar-refractivity contribution < 1.29 is 9.53 Å². The van der Waals surface area contributed by atoms with Crippen molar-refractivity contribution in [2.75, 3.05) is 0 Å². The predicted molar refractivity (Wildman–Crippen MR) is 66.9 cm³/mol. The van der Waals surface area contributed by atoms with Crippen LogP contribution in [-0.2, 0) is 11.3 Å². The molecule has 0 unspecified atom stereocenters. The first-order valence-electron chi connectivity index (χ1n) is 5.52. The Bertz CT molecular complexity index is 374. The minimum atomic E-state index is -0.398. The van der Waals surface area contributed by atoms with Gasteiger partial charge >= 0.3 is 6.09 Å². The maximum atomic E-state index is 11.7. The lowest BCUT2D eigenvalue weighted by Gasteiger charge is -2.21. The zero-order valence-corrected chi connectivity index (χ0v) is 10.2. The highest BCUT2D eigenvalue weighted by Crippen LogP contribution is 2.06. The van der Waals surface area contributed by atoms with Crippen molar-refractivity contribution in [2.24, 2.45) is 5.73 Å². The highest BCUT2D eigenvalue weighted by molar-refractivity contribution is 5.69. The van der Waals surface area contributed by atoms with Gasteiger partial charge in [-0.2, -0.15) is 0 Å². The molecule has 0 aromatic heterocycles. The molecule has 17 heavy (non-hydrogen) atoms. The topological polar surface area (TPSA) is 55.6 Å². The Kier molecular flexibility index (Phi) is 5.07. The number of hydrogen-bond acceptors (Lipinski definition) is 3. The molecule has 2 N–H and O–H groups in total. The van der Waals surface area contributed by atoms with Crippen LogP contribution in [0.1, 0.15) is 19.4 Å². The van der Waals surface area contributed by atoms with Crippen LogP contribution in [0.3, 0.4) is 0 Å². The molecule has 1 amide bonds. The minimum Gasteiger partial charge on any atom is -0.444 e. The SMILES string of the molecule is CC(C)N(/C=C/N)C(=O)OCc1ccccc1. The van der Waals surface area contributed by atoms with E-state index in [1.165, 1.54) is 17.3 Å². The van der Waals surface area contributed by atoms with Crippen molar-refractivity contribution in [3.8, 4) is 0 Å². The quantitative estimate of drug-likeness (QED) is 0.870. The van der Waals surface area contributed by atoms with Crippen LogP contribution in [0.2, 0.25) is 0 Å². The second-order valence-corrected chi connectivity index (χ2v) is 3.88. The van der Waals surface area contributed by atoms with Gasteiger partial charge in [0.1, 0.15) is 6.61 Å². The van der Waals surface area contributed by atoms with Crippen LogP contribution in [0.15, 0.2) is 42.7 Å². The lowest BCUT2D eigenvalue weighted by Crippen LogP contribution is -2.32. The Morgan fingerprint density at radius 1 is 1.41 bits per heavy atom. The smallest absolute Gasteiger partial charge is 0.414 e. The Morgan fingerprint density at radius 2 is 2.06 bits per heavy atom. The van der Waals surface area contributed by atoms with Gasteiger partial charge in [0.25, 0.3) is 0 Å². The van der Waals surface area contributed by atoms with Gasteiger partial charge in [-0.15, -0.1) is 0 Å². The number of carbonyl (C=O) groups is 1. The van der Waals surface area contributed by atoms with Gasteiger partial charge in [-0.1, -0.05) is 30.3 Å². The molecule has 1 rings (SSSR count). The van der Waals surface area contributed by atoms with E-state index in [4.69, 9.17) is 10.5 Å². The Morgan fingerprint density at radius 3 is 2.59 bits per heavy atom. The molecule has 0 atom stereocenters. The van der Waals surface area contributed by atoms with Gasteiger partial charge in [0.15, 0.2) is 0 Å². The molecule has 0 aliphatic carbocycles. The van der Waals surface area contributed by atoms with Crippen LogP contribution in [0.25, 0.3) is 0 Å². The third-order valence-electron chi connectivity index (χ3n) is 2.22. The molecule has 0 fully saturated rings. The van der Waals surface area contributed by atoms with E-state index >= 15 is 0 Å². The third kappa shape index (κ3) is 4.18. The highest BCUT2D eigenvalue weighted by Gasteiger charge is 2.15. The first-order chi connectivity index (χ1) is 8.15. The summed E-state index contributed by atoms with van der Waals surface area (Å²) in [5.41, 5.74) is 6.24. The van der Waals surface area contributed by atoms with E-state index in [0.717, 1.165) is 5.56 Å². The number of rotatable bonds is 4. The van der Waals surface area contributed by atoms with Gasteiger partial charge in [0.2, 0.25) is 0 Å². The normalized spacial score (nSPS) is 10.8. The minimum absolute atomic E-state index is 0.0121. The molecule has 0 spiro atoms. The van der Waals surface area contributed by atoms with E-state index in [2.05, 4.69) is 0 Å². The Balaban J connectivity index is 2.53. The molecule has 0 saturated carbocycles. The summed E-state index contributed by atoms with van der Waals surface area (Å²) in [5, 5.41) is 0. The van der Waals surface area contributed by atoms with Crippen molar-refractivity contribution in [3.63, 3.8) is 0 Å². The molecular weight excluding hydrogens is 216 g/mol. The molecule has 4 nitrogen and oxygen atoms in total. The van der Waals surface area contributed by atoms with Gasteiger partial charge < -0.3 is 10.5 Å². The largest absolute Gasteiger partial charge is 0.444 e. The van der Waals surface area contributed by atoms with Crippen LogP contribution in [0.4, 0.5) is 4.79 Å². The van der Waals surface area contributed by atoms with E-state index in [1.807, 2.05) is 44.2 Å². The van der Waals surface area contributed by atoms with Crippen LogP contribution >= 0.6 is 0 Å². The van der Waals surface area contributed by atoms with Gasteiger partial charge in [0.05, 0.1) is 0 Å². The number of nitrogens with two attached hydrogens (primary N) is 1. The molecule has 0 aliphatic heterocycles. The van der Waals surface area contributed by atoms with E-state index in [9.17, 15) is 4.79 Å². The molecule has 4 heteroatoms. The van der Waals surface area contributed by atoms with Gasteiger partial charge in [-0.3, -0.25) is 4.90 Å². The zero-order valence-electron chi connectivity index (χ0n) is 10.2. The van der Waals surface area contributed by atoms with Crippen LogP contribution < -0.4 is 5.73 Å². The van der Waals surface area contributed by atoms with Crippen molar-refractivity contribution in [1.29, 1.82) is 0 Å². The predicted octanol–water partition coefficient (Wildman–Crippen LogP) is 2.46. The summed E-state index contributed by atoms with van der Waals surface area (Å²) in [6.45, 7) is 4.05. The fourth-order valence-corrected chi connectivity index (χ4v) is 1.33. The van der Waals surface area contributed by atoms with E-state index in [0.29, 0.717) is 0 Å². The first-order valence-corrected chi connectivity index (χ1v) is 5.52. The lowest BCUT2D eigenvalue weighted by atomic mass is 10.2. The summed E-state index contributed by atoms with van der Waals surface area (Å²) >= 11 is 0. The van der Waals surface area contributed by atoms with E-state index in [1.54, 1.807) is 0 Å². The molecule has 1 aromatic carbocycles. The maximum absolute atomic E-state index is 11.7. The van der Waals surface area contributed by atoms with Crippen LogP contribution in [0.5, 0.6) is 0 Å². The first kappa shape index (κ1) is 13.1. The maximum Gasteiger partial charge on any atom is 0.414 e. The summed E-state index contributed by atoms with van der Waals surface area (Å²) in [6, 6.07) is 9.56. The Labute approximate surface area is 102 Å². The fourth-order valence-electron chi connectivity index (χ4n) is 1.33. The molecule has 92 valence electrons. The molecule has 0 radical (unpaired) electrons. The summed E-state index contributed by atoms with van der Waals surface area (Å²) in [6.07, 6.45) is 2.44. The van der Waals surface area contributed by atoms with Crippen molar-refractivity contribution in [2.45, 2.75) is 26.5 Å².